The maximum Gasteiger partial charge on any atom is 0.209 e. The molecule has 2 aromatic carbocycles. The summed E-state index contributed by atoms with van der Waals surface area (Å²) in [4.78, 5) is 11.8. The molecule has 1 saturated heterocycles. The van der Waals surface area contributed by atoms with Gasteiger partial charge in [-0.15, -0.1) is 0 Å². The summed E-state index contributed by atoms with van der Waals surface area (Å²) in [6.45, 7) is 1.44. The van der Waals surface area contributed by atoms with Crippen molar-refractivity contribution in [2.45, 2.75) is 18.9 Å². The predicted molar refractivity (Wildman–Crippen MR) is 108 cm³/mol. The van der Waals surface area contributed by atoms with Crippen LogP contribution in [0.25, 0.3) is 22.3 Å². The average Bonchev–Trinajstić information content (AvgIpc) is 2.67. The van der Waals surface area contributed by atoms with Crippen LogP contribution >= 0.6 is 0 Å². The number of hydrogen-bond acceptors (Lipinski definition) is 5. The van der Waals surface area contributed by atoms with Crippen LogP contribution in [0.4, 0.5) is 5.82 Å². The summed E-state index contributed by atoms with van der Waals surface area (Å²) in [6, 6.07) is 17.8. The fourth-order valence-corrected chi connectivity index (χ4v) is 4.38. The highest BCUT2D eigenvalue weighted by molar-refractivity contribution is 7.88. The second-order valence-electron chi connectivity index (χ2n) is 6.93. The molecule has 0 bridgehead atoms. The number of piperidine rings is 1. The molecule has 0 amide bonds. The lowest BCUT2D eigenvalue weighted by Crippen LogP contribution is -2.47. The predicted octanol–water partition coefficient (Wildman–Crippen LogP) is 2.81. The van der Waals surface area contributed by atoms with Crippen molar-refractivity contribution in [1.82, 2.24) is 14.7 Å². The number of rotatable bonds is 4. The highest BCUT2D eigenvalue weighted by atomic mass is 32.2. The summed E-state index contributed by atoms with van der Waals surface area (Å²) < 4.78 is 26.0. The number of anilines is 1. The number of benzene rings is 2. The minimum absolute atomic E-state index is 0.109. The van der Waals surface area contributed by atoms with E-state index in [-0.39, 0.29) is 6.04 Å². The van der Waals surface area contributed by atoms with Crippen LogP contribution in [-0.2, 0) is 10.0 Å². The molecule has 1 aliphatic rings. The third-order valence-electron chi connectivity index (χ3n) is 4.72. The molecule has 0 radical (unpaired) electrons. The van der Waals surface area contributed by atoms with E-state index in [9.17, 15) is 8.42 Å². The van der Waals surface area contributed by atoms with E-state index in [0.717, 1.165) is 41.7 Å². The lowest BCUT2D eigenvalue weighted by molar-refractivity contribution is 0.466. The monoisotopic (exact) mass is 382 g/mol. The zero-order chi connectivity index (χ0) is 18.9. The molecule has 6 nitrogen and oxygen atoms in total. The van der Waals surface area contributed by atoms with E-state index in [0.29, 0.717) is 12.4 Å². The fraction of sp³-hybridized carbons (Fsp3) is 0.300. The van der Waals surface area contributed by atoms with Gasteiger partial charge in [0.2, 0.25) is 10.0 Å². The van der Waals surface area contributed by atoms with Crippen LogP contribution in [0.3, 0.4) is 0 Å². The molecule has 2 heterocycles. The van der Waals surface area contributed by atoms with Crippen LogP contribution in [0.1, 0.15) is 12.8 Å². The van der Waals surface area contributed by atoms with Crippen molar-refractivity contribution in [3.8, 4) is 11.4 Å². The van der Waals surface area contributed by atoms with Gasteiger partial charge in [0.05, 0.1) is 11.8 Å². The van der Waals surface area contributed by atoms with Gasteiger partial charge < -0.3 is 4.90 Å². The summed E-state index contributed by atoms with van der Waals surface area (Å²) in [5, 5.41) is 0.984. The maximum absolute atomic E-state index is 11.6. The normalized spacial score (nSPS) is 18.0. The van der Waals surface area contributed by atoms with Gasteiger partial charge >= 0.3 is 0 Å². The maximum atomic E-state index is 11.6. The van der Waals surface area contributed by atoms with E-state index in [1.165, 1.54) is 6.26 Å². The lowest BCUT2D eigenvalue weighted by Gasteiger charge is -2.34. The number of hydrogen-bond donors (Lipinski definition) is 1. The summed E-state index contributed by atoms with van der Waals surface area (Å²) in [5.41, 5.74) is 1.85. The highest BCUT2D eigenvalue weighted by Crippen LogP contribution is 2.29. The quantitative estimate of drug-likeness (QED) is 0.751. The van der Waals surface area contributed by atoms with Crippen molar-refractivity contribution in [3.05, 3.63) is 54.6 Å². The third kappa shape index (κ3) is 4.09. The van der Waals surface area contributed by atoms with Crippen molar-refractivity contribution >= 4 is 26.7 Å². The van der Waals surface area contributed by atoms with Gasteiger partial charge in [-0.2, -0.15) is 0 Å². The first-order valence-electron chi connectivity index (χ1n) is 9.04. The number of sulfonamides is 1. The molecular weight excluding hydrogens is 360 g/mol. The van der Waals surface area contributed by atoms with E-state index in [1.54, 1.807) is 0 Å². The minimum Gasteiger partial charge on any atom is -0.354 e. The van der Waals surface area contributed by atoms with Gasteiger partial charge in [0.25, 0.3) is 0 Å². The van der Waals surface area contributed by atoms with Crippen molar-refractivity contribution in [2.24, 2.45) is 0 Å². The molecule has 1 N–H and O–H groups in total. The number of nitrogens with zero attached hydrogens (tertiary/aromatic N) is 3. The molecule has 140 valence electrons. The summed E-state index contributed by atoms with van der Waals surface area (Å²) in [5.74, 6) is 1.54. The summed E-state index contributed by atoms with van der Waals surface area (Å²) >= 11 is 0. The van der Waals surface area contributed by atoms with Crippen LogP contribution in [0.5, 0.6) is 0 Å². The first-order valence-corrected chi connectivity index (χ1v) is 10.9. The first kappa shape index (κ1) is 17.9. The van der Waals surface area contributed by atoms with Gasteiger partial charge in [-0.25, -0.2) is 23.1 Å². The van der Waals surface area contributed by atoms with Crippen LogP contribution in [0.2, 0.25) is 0 Å². The Morgan fingerprint density at radius 3 is 2.56 bits per heavy atom. The molecular formula is C20H22N4O2S. The van der Waals surface area contributed by atoms with E-state index < -0.39 is 10.0 Å². The molecule has 3 aromatic rings. The average molecular weight is 382 g/mol. The van der Waals surface area contributed by atoms with Crippen molar-refractivity contribution in [2.75, 3.05) is 24.2 Å². The van der Waals surface area contributed by atoms with Crippen molar-refractivity contribution in [3.63, 3.8) is 0 Å². The molecule has 0 unspecified atom stereocenters. The Morgan fingerprint density at radius 1 is 1.04 bits per heavy atom. The first-order chi connectivity index (χ1) is 13.0. The topological polar surface area (TPSA) is 75.2 Å². The fourth-order valence-electron chi connectivity index (χ4n) is 3.59. The van der Waals surface area contributed by atoms with E-state index in [1.807, 2.05) is 54.6 Å². The molecule has 1 aromatic heterocycles. The largest absolute Gasteiger partial charge is 0.354 e. The van der Waals surface area contributed by atoms with Gasteiger partial charge in [0, 0.05) is 30.1 Å². The molecule has 1 fully saturated rings. The lowest BCUT2D eigenvalue weighted by atomic mass is 10.1. The smallest absolute Gasteiger partial charge is 0.209 e. The van der Waals surface area contributed by atoms with Gasteiger partial charge in [0.15, 0.2) is 5.82 Å². The van der Waals surface area contributed by atoms with Crippen LogP contribution in [0.15, 0.2) is 54.6 Å². The number of nitrogens with one attached hydrogen (secondary N) is 1. The Kier molecular flexibility index (Phi) is 4.80. The molecule has 1 atom stereocenters. The van der Waals surface area contributed by atoms with Gasteiger partial charge in [-0.3, -0.25) is 0 Å². The van der Waals surface area contributed by atoms with Crippen LogP contribution < -0.4 is 9.62 Å². The molecule has 4 rings (SSSR count). The molecule has 7 heteroatoms. The van der Waals surface area contributed by atoms with Gasteiger partial charge in [0.1, 0.15) is 5.82 Å². The molecule has 0 spiro atoms. The SMILES string of the molecule is CS(=O)(=O)N[C@@H]1CCCN(c2nc(-c3ccccc3)nc3ccccc23)C1. The second kappa shape index (κ2) is 7.25. The van der Waals surface area contributed by atoms with Crippen LogP contribution in [-0.4, -0.2) is 43.8 Å². The zero-order valence-corrected chi connectivity index (χ0v) is 16.0. The van der Waals surface area contributed by atoms with Crippen LogP contribution in [0, 0.1) is 0 Å². The number of fused-ring (bicyclic) bond motifs is 1. The standard InChI is InChI=1S/C20H22N4O2S/c1-27(25,26)23-16-10-7-13-24(14-16)20-17-11-5-6-12-18(17)21-19(22-20)15-8-3-2-4-9-15/h2-6,8-9,11-12,16,23H,7,10,13-14H2,1H3/t16-/m1/s1. The Balaban J connectivity index is 1.76. The summed E-state index contributed by atoms with van der Waals surface area (Å²) in [6.07, 6.45) is 2.95. The Morgan fingerprint density at radius 2 is 1.78 bits per heavy atom. The second-order valence-corrected chi connectivity index (χ2v) is 8.71. The highest BCUT2D eigenvalue weighted by Gasteiger charge is 2.25. The van der Waals surface area contributed by atoms with Gasteiger partial charge in [-0.1, -0.05) is 42.5 Å². The zero-order valence-electron chi connectivity index (χ0n) is 15.2. The van der Waals surface area contributed by atoms with Gasteiger partial charge in [-0.05, 0) is 25.0 Å². The molecule has 0 aliphatic carbocycles. The van der Waals surface area contributed by atoms with Crippen molar-refractivity contribution in [1.29, 1.82) is 0 Å². The Bertz CT molecular complexity index is 1050. The number of aromatic nitrogens is 2. The molecule has 0 saturated carbocycles. The summed E-state index contributed by atoms with van der Waals surface area (Å²) in [7, 11) is -3.23. The third-order valence-corrected chi connectivity index (χ3v) is 5.48. The van der Waals surface area contributed by atoms with E-state index in [4.69, 9.17) is 9.97 Å². The van der Waals surface area contributed by atoms with E-state index in [2.05, 4.69) is 9.62 Å². The van der Waals surface area contributed by atoms with Crippen molar-refractivity contribution < 1.29 is 8.42 Å². The molecule has 27 heavy (non-hydrogen) atoms. The molecule has 1 aliphatic heterocycles. The minimum atomic E-state index is -3.23. The Hall–Kier alpha value is -2.51. The van der Waals surface area contributed by atoms with E-state index >= 15 is 0 Å². The Labute approximate surface area is 159 Å². The number of para-hydroxylation sites is 1.